The number of benzene rings is 2. The van der Waals surface area contributed by atoms with Crippen LogP contribution in [0.4, 0.5) is 5.69 Å². The second kappa shape index (κ2) is 8.53. The summed E-state index contributed by atoms with van der Waals surface area (Å²) < 4.78 is 5.14. The van der Waals surface area contributed by atoms with Gasteiger partial charge in [0, 0.05) is 5.69 Å². The van der Waals surface area contributed by atoms with E-state index in [-0.39, 0.29) is 11.5 Å². The number of hydrogen-bond acceptors (Lipinski definition) is 3. The Morgan fingerprint density at radius 3 is 2.48 bits per heavy atom. The number of nitrogens with one attached hydrogen (secondary N) is 2. The molecule has 0 aromatic heterocycles. The van der Waals surface area contributed by atoms with Crippen molar-refractivity contribution in [3.8, 4) is 0 Å². The summed E-state index contributed by atoms with van der Waals surface area (Å²) in [5.41, 5.74) is 3.35. The van der Waals surface area contributed by atoms with Gasteiger partial charge >= 0.3 is 5.97 Å². The minimum atomic E-state index is -0.311. The molecule has 0 heterocycles. The van der Waals surface area contributed by atoms with E-state index in [1.54, 1.807) is 13.0 Å². The van der Waals surface area contributed by atoms with Gasteiger partial charge in [0.1, 0.15) is 0 Å². The van der Waals surface area contributed by atoms with E-state index >= 15 is 0 Å². The number of carbonyl (C=O) groups is 1. The molecule has 0 atom stereocenters. The minimum Gasteiger partial charge on any atom is -0.462 e. The van der Waals surface area contributed by atoms with Gasteiger partial charge in [-0.2, -0.15) is 0 Å². The van der Waals surface area contributed by atoms with E-state index in [1.165, 1.54) is 18.4 Å². The smallest absolute Gasteiger partial charge is 0.338 e. The van der Waals surface area contributed by atoms with Crippen LogP contribution >= 0.6 is 12.2 Å². The highest BCUT2D eigenvalue weighted by molar-refractivity contribution is 7.80. The van der Waals surface area contributed by atoms with Crippen LogP contribution < -0.4 is 10.6 Å². The number of thiocarbonyl (C=S) groups is 1. The first-order valence-corrected chi connectivity index (χ1v) is 9.88. The zero-order chi connectivity index (χ0) is 19.3. The molecule has 0 radical (unpaired) electrons. The highest BCUT2D eigenvalue weighted by Crippen LogP contribution is 2.38. The molecular weight excluding hydrogens is 356 g/mol. The molecule has 5 heteroatoms. The van der Waals surface area contributed by atoms with Gasteiger partial charge in [-0.1, -0.05) is 49.2 Å². The molecular formula is C22H26N2O2S. The standard InChI is InChI=1S/C22H26N2O2S/c1-3-26-20(25)18-12-9-13-19(16(18)2)23-21(27)24-22(14-7-8-15-22)17-10-5-4-6-11-17/h4-6,9-13H,3,7-8,14-15H2,1-2H3,(H2,23,24,27). The zero-order valence-electron chi connectivity index (χ0n) is 15.9. The molecule has 3 rings (SSSR count). The quantitative estimate of drug-likeness (QED) is 0.567. The molecule has 1 aliphatic carbocycles. The summed E-state index contributed by atoms with van der Waals surface area (Å²) in [5, 5.41) is 7.42. The molecule has 2 N–H and O–H groups in total. The number of ether oxygens (including phenoxy) is 1. The topological polar surface area (TPSA) is 50.4 Å². The van der Waals surface area contributed by atoms with E-state index in [4.69, 9.17) is 17.0 Å². The second-order valence-electron chi connectivity index (χ2n) is 6.93. The molecule has 1 saturated carbocycles. The van der Waals surface area contributed by atoms with Crippen LogP contribution in [0.3, 0.4) is 0 Å². The third-order valence-corrected chi connectivity index (χ3v) is 5.42. The van der Waals surface area contributed by atoms with Crippen LogP contribution in [0.25, 0.3) is 0 Å². The second-order valence-corrected chi connectivity index (χ2v) is 7.34. The van der Waals surface area contributed by atoms with E-state index < -0.39 is 0 Å². The van der Waals surface area contributed by atoms with Crippen LogP contribution in [-0.4, -0.2) is 17.7 Å². The Morgan fingerprint density at radius 1 is 1.11 bits per heavy atom. The van der Waals surface area contributed by atoms with Crippen LogP contribution in [0, 0.1) is 6.92 Å². The average Bonchev–Trinajstić information content (AvgIpc) is 3.14. The van der Waals surface area contributed by atoms with Crippen molar-refractivity contribution in [2.45, 2.75) is 45.1 Å². The monoisotopic (exact) mass is 382 g/mol. The van der Waals surface area contributed by atoms with E-state index in [0.29, 0.717) is 17.3 Å². The Bertz CT molecular complexity index is 814. The van der Waals surface area contributed by atoms with E-state index in [0.717, 1.165) is 24.1 Å². The highest BCUT2D eigenvalue weighted by Gasteiger charge is 2.36. The Hall–Kier alpha value is -2.40. The normalized spacial score (nSPS) is 15.2. The summed E-state index contributed by atoms with van der Waals surface area (Å²) >= 11 is 5.63. The lowest BCUT2D eigenvalue weighted by molar-refractivity contribution is 0.0525. The Kier molecular flexibility index (Phi) is 6.11. The Labute approximate surface area is 166 Å². The van der Waals surface area contributed by atoms with Crippen molar-refractivity contribution < 1.29 is 9.53 Å². The van der Waals surface area contributed by atoms with E-state index in [1.807, 2.05) is 25.1 Å². The molecule has 1 fully saturated rings. The molecule has 142 valence electrons. The van der Waals surface area contributed by atoms with Crippen molar-refractivity contribution in [3.63, 3.8) is 0 Å². The van der Waals surface area contributed by atoms with Gasteiger partial charge in [0.15, 0.2) is 5.11 Å². The molecule has 0 saturated heterocycles. The number of rotatable bonds is 5. The Morgan fingerprint density at radius 2 is 1.81 bits per heavy atom. The molecule has 0 amide bonds. The zero-order valence-corrected chi connectivity index (χ0v) is 16.7. The van der Waals surface area contributed by atoms with Crippen LogP contribution in [0.15, 0.2) is 48.5 Å². The minimum absolute atomic E-state index is 0.127. The maximum Gasteiger partial charge on any atom is 0.338 e. The third kappa shape index (κ3) is 4.30. The lowest BCUT2D eigenvalue weighted by atomic mass is 9.88. The number of esters is 1. The number of anilines is 1. The van der Waals surface area contributed by atoms with Crippen molar-refractivity contribution in [2.24, 2.45) is 0 Å². The van der Waals surface area contributed by atoms with Gasteiger partial charge in [-0.15, -0.1) is 0 Å². The van der Waals surface area contributed by atoms with Gasteiger partial charge in [-0.05, 0) is 62.2 Å². The summed E-state index contributed by atoms with van der Waals surface area (Å²) in [6, 6.07) is 16.0. The molecule has 0 unspecified atom stereocenters. The SMILES string of the molecule is CCOC(=O)c1cccc(NC(=S)NC2(c3ccccc3)CCCC2)c1C. The fourth-order valence-corrected chi connectivity index (χ4v) is 4.10. The summed E-state index contributed by atoms with van der Waals surface area (Å²) in [4.78, 5) is 12.1. The maximum atomic E-state index is 12.1. The predicted molar refractivity (Wildman–Crippen MR) is 113 cm³/mol. The van der Waals surface area contributed by atoms with Gasteiger partial charge < -0.3 is 15.4 Å². The fraction of sp³-hybridized carbons (Fsp3) is 0.364. The molecule has 1 aliphatic rings. The first-order chi connectivity index (χ1) is 13.1. The van der Waals surface area contributed by atoms with Crippen molar-refractivity contribution in [1.29, 1.82) is 0 Å². The maximum absolute atomic E-state index is 12.1. The fourth-order valence-electron chi connectivity index (χ4n) is 3.79. The lowest BCUT2D eigenvalue weighted by Gasteiger charge is -2.32. The number of carbonyl (C=O) groups excluding carboxylic acids is 1. The van der Waals surface area contributed by atoms with Crippen LogP contribution in [-0.2, 0) is 10.3 Å². The molecule has 2 aromatic rings. The lowest BCUT2D eigenvalue weighted by Crippen LogP contribution is -2.45. The predicted octanol–water partition coefficient (Wildman–Crippen LogP) is 4.93. The van der Waals surface area contributed by atoms with Crippen LogP contribution in [0.2, 0.25) is 0 Å². The summed E-state index contributed by atoms with van der Waals surface area (Å²) in [7, 11) is 0. The molecule has 0 bridgehead atoms. The van der Waals surface area contributed by atoms with Crippen molar-refractivity contribution in [3.05, 3.63) is 65.2 Å². The van der Waals surface area contributed by atoms with Crippen molar-refractivity contribution >= 4 is 29.0 Å². The summed E-state index contributed by atoms with van der Waals surface area (Å²) in [6.45, 7) is 4.06. The first kappa shape index (κ1) is 19.4. The molecule has 27 heavy (non-hydrogen) atoms. The molecule has 2 aromatic carbocycles. The number of hydrogen-bond donors (Lipinski definition) is 2. The summed E-state index contributed by atoms with van der Waals surface area (Å²) in [6.07, 6.45) is 4.48. The van der Waals surface area contributed by atoms with Gasteiger partial charge in [0.2, 0.25) is 0 Å². The molecule has 0 aliphatic heterocycles. The Balaban J connectivity index is 1.77. The van der Waals surface area contributed by atoms with Crippen molar-refractivity contribution in [1.82, 2.24) is 5.32 Å². The third-order valence-electron chi connectivity index (χ3n) is 5.21. The van der Waals surface area contributed by atoms with Gasteiger partial charge in [-0.3, -0.25) is 0 Å². The van der Waals surface area contributed by atoms with Gasteiger partial charge in [0.05, 0.1) is 17.7 Å². The van der Waals surface area contributed by atoms with Crippen molar-refractivity contribution in [2.75, 3.05) is 11.9 Å². The highest BCUT2D eigenvalue weighted by atomic mass is 32.1. The van der Waals surface area contributed by atoms with E-state index in [9.17, 15) is 4.79 Å². The largest absolute Gasteiger partial charge is 0.462 e. The van der Waals surface area contributed by atoms with Gasteiger partial charge in [0.25, 0.3) is 0 Å². The van der Waals surface area contributed by atoms with Gasteiger partial charge in [-0.25, -0.2) is 4.79 Å². The summed E-state index contributed by atoms with van der Waals surface area (Å²) in [5.74, 6) is -0.311. The van der Waals surface area contributed by atoms with Crippen LogP contribution in [0.1, 0.15) is 54.1 Å². The molecule has 4 nitrogen and oxygen atoms in total. The first-order valence-electron chi connectivity index (χ1n) is 9.47. The average molecular weight is 383 g/mol. The van der Waals surface area contributed by atoms with Crippen LogP contribution in [0.5, 0.6) is 0 Å². The van der Waals surface area contributed by atoms with E-state index in [2.05, 4.69) is 34.9 Å². The molecule has 0 spiro atoms.